The van der Waals surface area contributed by atoms with Gasteiger partial charge in [-0.3, -0.25) is 9.69 Å². The molecule has 1 fully saturated rings. The molecule has 1 aliphatic heterocycles. The monoisotopic (exact) mass is 242 g/mol. The zero-order valence-electron chi connectivity index (χ0n) is 11.1. The van der Waals surface area contributed by atoms with Gasteiger partial charge in [-0.25, -0.2) is 0 Å². The normalized spacial score (nSPS) is 27.1. The third-order valence-electron chi connectivity index (χ3n) is 3.91. The van der Waals surface area contributed by atoms with Crippen LogP contribution in [0.1, 0.15) is 26.3 Å². The molecule has 1 aromatic rings. The van der Waals surface area contributed by atoms with Crippen LogP contribution in [0, 0.1) is 17.2 Å². The lowest BCUT2D eigenvalue weighted by Gasteiger charge is -2.32. The molecule has 0 N–H and O–H groups in total. The van der Waals surface area contributed by atoms with Crippen molar-refractivity contribution in [2.45, 2.75) is 38.9 Å². The van der Waals surface area contributed by atoms with Crippen LogP contribution in [0.2, 0.25) is 0 Å². The van der Waals surface area contributed by atoms with E-state index < -0.39 is 11.5 Å². The quantitative estimate of drug-likeness (QED) is 0.799. The van der Waals surface area contributed by atoms with Crippen LogP contribution in [-0.4, -0.2) is 22.3 Å². The summed E-state index contributed by atoms with van der Waals surface area (Å²) in [6.07, 6.45) is 0. The molecule has 2 unspecified atom stereocenters. The van der Waals surface area contributed by atoms with Crippen LogP contribution in [0.5, 0.6) is 0 Å². The Morgan fingerprint density at radius 3 is 2.44 bits per heavy atom. The molecule has 0 bridgehead atoms. The third kappa shape index (κ3) is 1.93. The lowest BCUT2D eigenvalue weighted by atomic mass is 9.94. The van der Waals surface area contributed by atoms with Gasteiger partial charge in [-0.2, -0.15) is 5.26 Å². The van der Waals surface area contributed by atoms with E-state index in [1.54, 1.807) is 0 Å². The van der Waals surface area contributed by atoms with Crippen molar-refractivity contribution in [1.82, 2.24) is 4.90 Å². The molecule has 1 aliphatic rings. The van der Waals surface area contributed by atoms with Crippen LogP contribution in [0.4, 0.5) is 0 Å². The first-order chi connectivity index (χ1) is 8.48. The topological polar surface area (TPSA) is 44.1 Å². The summed E-state index contributed by atoms with van der Waals surface area (Å²) >= 11 is 0. The maximum atomic E-state index is 12.2. The molecule has 0 amide bonds. The molecule has 18 heavy (non-hydrogen) atoms. The van der Waals surface area contributed by atoms with Gasteiger partial charge >= 0.3 is 0 Å². The Hall–Kier alpha value is -1.66. The summed E-state index contributed by atoms with van der Waals surface area (Å²) in [4.78, 5) is 14.3. The van der Waals surface area contributed by atoms with Crippen molar-refractivity contribution < 1.29 is 4.79 Å². The second-order valence-electron chi connectivity index (χ2n) is 5.38. The zero-order valence-corrected chi connectivity index (χ0v) is 11.1. The van der Waals surface area contributed by atoms with Gasteiger partial charge in [0.1, 0.15) is 5.92 Å². The third-order valence-corrected chi connectivity index (χ3v) is 3.91. The van der Waals surface area contributed by atoms with Crippen LogP contribution in [-0.2, 0) is 11.3 Å². The van der Waals surface area contributed by atoms with Crippen molar-refractivity contribution in [1.29, 1.82) is 5.26 Å². The van der Waals surface area contributed by atoms with Crippen molar-refractivity contribution in [2.75, 3.05) is 0 Å². The number of nitrogens with zero attached hydrogens (tertiary/aromatic N) is 2. The molecule has 2 atom stereocenters. The van der Waals surface area contributed by atoms with E-state index in [9.17, 15) is 4.79 Å². The number of carbonyl (C=O) groups excluding carboxylic acids is 1. The van der Waals surface area contributed by atoms with E-state index >= 15 is 0 Å². The predicted octanol–water partition coefficient (Wildman–Crippen LogP) is 2.38. The van der Waals surface area contributed by atoms with Crippen molar-refractivity contribution in [3.63, 3.8) is 0 Å². The van der Waals surface area contributed by atoms with E-state index in [1.165, 1.54) is 5.56 Å². The number of hydrogen-bond donors (Lipinski definition) is 0. The molecule has 0 radical (unpaired) electrons. The first-order valence-electron chi connectivity index (χ1n) is 6.23. The number of ketones is 1. The van der Waals surface area contributed by atoms with E-state index in [0.29, 0.717) is 6.54 Å². The van der Waals surface area contributed by atoms with Gasteiger partial charge in [0.25, 0.3) is 0 Å². The fraction of sp³-hybridized carbons (Fsp3) is 0.467. The summed E-state index contributed by atoms with van der Waals surface area (Å²) in [5, 5.41) is 9.13. The van der Waals surface area contributed by atoms with Crippen molar-refractivity contribution in [2.24, 2.45) is 5.92 Å². The van der Waals surface area contributed by atoms with Crippen molar-refractivity contribution >= 4 is 5.78 Å². The molecule has 0 aliphatic carbocycles. The highest BCUT2D eigenvalue weighted by molar-refractivity contribution is 5.94. The maximum absolute atomic E-state index is 12.2. The molecule has 3 nitrogen and oxygen atoms in total. The van der Waals surface area contributed by atoms with E-state index in [4.69, 9.17) is 5.26 Å². The summed E-state index contributed by atoms with van der Waals surface area (Å²) in [7, 11) is 0. The number of rotatable bonds is 2. The highest BCUT2D eigenvalue weighted by Gasteiger charge is 2.51. The number of Topliss-reactive ketones (excluding diaryl/α,β-unsaturated/α-hetero) is 1. The minimum absolute atomic E-state index is 0.0299. The van der Waals surface area contributed by atoms with Gasteiger partial charge in [-0.05, 0) is 26.3 Å². The Kier molecular flexibility index (Phi) is 3.23. The number of likely N-dealkylation sites (tertiary alicyclic amines) is 1. The lowest BCUT2D eigenvalue weighted by molar-refractivity contribution is -0.125. The van der Waals surface area contributed by atoms with Gasteiger partial charge in [0.05, 0.1) is 11.6 Å². The largest absolute Gasteiger partial charge is 0.296 e. The summed E-state index contributed by atoms with van der Waals surface area (Å²) < 4.78 is 0. The molecule has 0 aromatic heterocycles. The lowest BCUT2D eigenvalue weighted by Crippen LogP contribution is -2.44. The Labute approximate surface area is 108 Å². The molecular formula is C15H18N2O. The Bertz CT molecular complexity index is 487. The second kappa shape index (κ2) is 4.55. The molecule has 1 heterocycles. The smallest absolute Gasteiger partial charge is 0.171 e. The van der Waals surface area contributed by atoms with Gasteiger partial charge in [-0.15, -0.1) is 0 Å². The standard InChI is InChI=1S/C15H18N2O/c1-11-13(9-16)14(18)15(2,3)17(11)10-12-7-5-4-6-8-12/h4-8,11,13H,10H2,1-3H3. The maximum Gasteiger partial charge on any atom is 0.171 e. The minimum Gasteiger partial charge on any atom is -0.296 e. The van der Waals surface area contributed by atoms with E-state index in [-0.39, 0.29) is 11.8 Å². The first kappa shape index (κ1) is 12.8. The molecule has 0 saturated carbocycles. The molecule has 3 heteroatoms. The predicted molar refractivity (Wildman–Crippen MR) is 69.6 cm³/mol. The van der Waals surface area contributed by atoms with Crippen LogP contribution >= 0.6 is 0 Å². The Balaban J connectivity index is 2.28. The van der Waals surface area contributed by atoms with Gasteiger partial charge in [0.2, 0.25) is 0 Å². The van der Waals surface area contributed by atoms with Crippen LogP contribution in [0.25, 0.3) is 0 Å². The highest BCUT2D eigenvalue weighted by atomic mass is 16.1. The van der Waals surface area contributed by atoms with Crippen LogP contribution in [0.3, 0.4) is 0 Å². The number of hydrogen-bond acceptors (Lipinski definition) is 3. The number of nitriles is 1. The average Bonchev–Trinajstić information content (AvgIpc) is 2.51. The fourth-order valence-corrected chi connectivity index (χ4v) is 2.72. The number of carbonyl (C=O) groups is 1. The van der Waals surface area contributed by atoms with Gasteiger partial charge in [0, 0.05) is 12.6 Å². The molecule has 1 saturated heterocycles. The minimum atomic E-state index is -0.560. The Morgan fingerprint density at radius 2 is 1.94 bits per heavy atom. The van der Waals surface area contributed by atoms with E-state index in [1.807, 2.05) is 51.1 Å². The van der Waals surface area contributed by atoms with Crippen molar-refractivity contribution in [3.05, 3.63) is 35.9 Å². The summed E-state index contributed by atoms with van der Waals surface area (Å²) in [6, 6.07) is 12.2. The van der Waals surface area contributed by atoms with Gasteiger partial charge < -0.3 is 0 Å². The highest BCUT2D eigenvalue weighted by Crippen LogP contribution is 2.35. The molecule has 0 spiro atoms. The average molecular weight is 242 g/mol. The van der Waals surface area contributed by atoms with Crippen molar-refractivity contribution in [3.8, 4) is 6.07 Å². The SMILES string of the molecule is CC1C(C#N)C(=O)C(C)(C)N1Cc1ccccc1. The summed E-state index contributed by atoms with van der Waals surface area (Å²) in [5.74, 6) is -0.475. The zero-order chi connectivity index (χ0) is 13.3. The van der Waals surface area contributed by atoms with E-state index in [0.717, 1.165) is 0 Å². The van der Waals surface area contributed by atoms with Crippen LogP contribution in [0.15, 0.2) is 30.3 Å². The fourth-order valence-electron chi connectivity index (χ4n) is 2.72. The van der Waals surface area contributed by atoms with Crippen LogP contribution < -0.4 is 0 Å². The van der Waals surface area contributed by atoms with Gasteiger partial charge in [-0.1, -0.05) is 30.3 Å². The Morgan fingerprint density at radius 1 is 1.33 bits per heavy atom. The summed E-state index contributed by atoms with van der Waals surface area (Å²) in [6.45, 7) is 6.49. The van der Waals surface area contributed by atoms with Gasteiger partial charge in [0.15, 0.2) is 5.78 Å². The summed E-state index contributed by atoms with van der Waals surface area (Å²) in [5.41, 5.74) is 0.610. The molecule has 94 valence electrons. The molecule has 1 aromatic carbocycles. The number of benzene rings is 1. The molecular weight excluding hydrogens is 224 g/mol. The molecule has 2 rings (SSSR count). The van der Waals surface area contributed by atoms with E-state index in [2.05, 4.69) is 11.0 Å². The second-order valence-corrected chi connectivity index (χ2v) is 5.38. The first-order valence-corrected chi connectivity index (χ1v) is 6.23.